The summed E-state index contributed by atoms with van der Waals surface area (Å²) in [6.45, 7) is 3.42. The second-order valence-electron chi connectivity index (χ2n) is 5.46. The number of nitrogens with one attached hydrogen (secondary N) is 1. The highest BCUT2D eigenvalue weighted by atomic mass is 32.2. The Balaban J connectivity index is 1.77. The molecule has 0 bridgehead atoms. The van der Waals surface area contributed by atoms with Crippen LogP contribution in [0.25, 0.3) is 5.65 Å². The highest BCUT2D eigenvalue weighted by molar-refractivity contribution is 7.98. The number of thioether (sulfide) groups is 1. The first-order valence-corrected chi connectivity index (χ1v) is 8.50. The van der Waals surface area contributed by atoms with Crippen molar-refractivity contribution in [3.8, 4) is 0 Å². The first-order chi connectivity index (χ1) is 11.5. The number of hydrogen-bond donors (Lipinski definition) is 1. The fraction of sp³-hybridized carbons (Fsp3) is 0.167. The van der Waals surface area contributed by atoms with E-state index in [4.69, 9.17) is 0 Å². The number of carbonyl (C=O) groups is 1. The van der Waals surface area contributed by atoms with E-state index < -0.39 is 0 Å². The maximum atomic E-state index is 12.2. The van der Waals surface area contributed by atoms with Crippen molar-refractivity contribution >= 4 is 29.0 Å². The first-order valence-electron chi connectivity index (χ1n) is 7.51. The summed E-state index contributed by atoms with van der Waals surface area (Å²) >= 11 is 1.60. The van der Waals surface area contributed by atoms with Gasteiger partial charge in [-0.05, 0) is 42.8 Å². The third-order valence-corrected chi connectivity index (χ3v) is 4.55. The van der Waals surface area contributed by atoms with Gasteiger partial charge in [-0.15, -0.1) is 11.8 Å². The van der Waals surface area contributed by atoms with Crippen molar-refractivity contribution in [2.45, 2.75) is 24.5 Å². The lowest BCUT2D eigenvalue weighted by atomic mass is 10.3. The van der Waals surface area contributed by atoms with Gasteiger partial charge in [0.25, 0.3) is 5.56 Å². The number of anilines is 1. The fourth-order valence-electron chi connectivity index (χ4n) is 2.38. The molecule has 122 valence electrons. The number of fused-ring (bicyclic) bond motifs is 1. The SMILES string of the molecule is CC(=O)Nc1ccc(SCc2cc(=O)n3cccc(C)c3n2)cc1. The summed E-state index contributed by atoms with van der Waals surface area (Å²) in [5.74, 6) is 0.520. The Morgan fingerprint density at radius 1 is 1.25 bits per heavy atom. The van der Waals surface area contributed by atoms with Gasteiger partial charge in [0.1, 0.15) is 5.65 Å². The van der Waals surface area contributed by atoms with Crippen molar-refractivity contribution in [3.05, 3.63) is 70.3 Å². The molecule has 6 heteroatoms. The number of amides is 1. The minimum atomic E-state index is -0.0911. The maximum absolute atomic E-state index is 12.2. The van der Waals surface area contributed by atoms with Gasteiger partial charge in [0, 0.05) is 35.5 Å². The zero-order valence-electron chi connectivity index (χ0n) is 13.4. The van der Waals surface area contributed by atoms with Crippen LogP contribution >= 0.6 is 11.8 Å². The molecule has 0 atom stereocenters. The van der Waals surface area contributed by atoms with E-state index in [0.29, 0.717) is 11.4 Å². The fourth-order valence-corrected chi connectivity index (χ4v) is 3.17. The topological polar surface area (TPSA) is 63.5 Å². The number of pyridine rings is 1. The van der Waals surface area contributed by atoms with Gasteiger partial charge in [0.05, 0.1) is 5.69 Å². The molecule has 0 fully saturated rings. The Morgan fingerprint density at radius 2 is 2.00 bits per heavy atom. The Morgan fingerprint density at radius 3 is 2.71 bits per heavy atom. The van der Waals surface area contributed by atoms with Crippen LogP contribution in [0.15, 0.2) is 58.4 Å². The summed E-state index contributed by atoms with van der Waals surface area (Å²) < 4.78 is 1.56. The average molecular weight is 339 g/mol. The number of aromatic nitrogens is 2. The molecule has 0 spiro atoms. The van der Waals surface area contributed by atoms with Crippen LogP contribution in [-0.2, 0) is 10.5 Å². The molecule has 24 heavy (non-hydrogen) atoms. The van der Waals surface area contributed by atoms with Crippen LogP contribution in [0.5, 0.6) is 0 Å². The van der Waals surface area contributed by atoms with Crippen molar-refractivity contribution in [3.63, 3.8) is 0 Å². The molecule has 3 aromatic rings. The van der Waals surface area contributed by atoms with E-state index in [0.717, 1.165) is 21.8 Å². The molecule has 2 aromatic heterocycles. The molecule has 0 saturated carbocycles. The van der Waals surface area contributed by atoms with Crippen LogP contribution in [-0.4, -0.2) is 15.3 Å². The third kappa shape index (κ3) is 3.65. The van der Waals surface area contributed by atoms with Gasteiger partial charge >= 0.3 is 0 Å². The van der Waals surface area contributed by atoms with E-state index in [1.807, 2.05) is 43.3 Å². The molecule has 0 unspecified atom stereocenters. The lowest BCUT2D eigenvalue weighted by Gasteiger charge is -2.07. The van der Waals surface area contributed by atoms with E-state index >= 15 is 0 Å². The van der Waals surface area contributed by atoms with Crippen molar-refractivity contribution in [2.24, 2.45) is 0 Å². The molecule has 1 amide bonds. The van der Waals surface area contributed by atoms with Crippen molar-refractivity contribution < 1.29 is 4.79 Å². The van der Waals surface area contributed by atoms with E-state index in [-0.39, 0.29) is 11.5 Å². The number of carbonyl (C=O) groups excluding carboxylic acids is 1. The van der Waals surface area contributed by atoms with E-state index in [1.54, 1.807) is 28.4 Å². The summed E-state index contributed by atoms with van der Waals surface area (Å²) in [7, 11) is 0. The van der Waals surface area contributed by atoms with Crippen LogP contribution < -0.4 is 10.9 Å². The number of hydrogen-bond acceptors (Lipinski definition) is 4. The van der Waals surface area contributed by atoms with Gasteiger partial charge < -0.3 is 5.32 Å². The maximum Gasteiger partial charge on any atom is 0.258 e. The van der Waals surface area contributed by atoms with E-state index in [2.05, 4.69) is 10.3 Å². The van der Waals surface area contributed by atoms with Crippen LogP contribution in [0.1, 0.15) is 18.2 Å². The zero-order valence-corrected chi connectivity index (χ0v) is 14.3. The molecule has 2 heterocycles. The molecule has 0 aliphatic carbocycles. The van der Waals surface area contributed by atoms with Crippen LogP contribution in [0, 0.1) is 6.92 Å². The second-order valence-corrected chi connectivity index (χ2v) is 6.51. The molecular formula is C18H17N3O2S. The van der Waals surface area contributed by atoms with Crippen LogP contribution in [0.3, 0.4) is 0 Å². The largest absolute Gasteiger partial charge is 0.326 e. The quantitative estimate of drug-likeness (QED) is 0.741. The van der Waals surface area contributed by atoms with Crippen LogP contribution in [0.4, 0.5) is 5.69 Å². The molecule has 0 saturated heterocycles. The minimum Gasteiger partial charge on any atom is -0.326 e. The molecule has 5 nitrogen and oxygen atoms in total. The van der Waals surface area contributed by atoms with Crippen molar-refractivity contribution in [1.29, 1.82) is 0 Å². The molecule has 1 aromatic carbocycles. The first kappa shape index (κ1) is 16.3. The minimum absolute atomic E-state index is 0.0692. The summed E-state index contributed by atoms with van der Waals surface area (Å²) in [6.07, 6.45) is 1.73. The number of nitrogens with zero attached hydrogens (tertiary/aromatic N) is 2. The van der Waals surface area contributed by atoms with Crippen LogP contribution in [0.2, 0.25) is 0 Å². The summed E-state index contributed by atoms with van der Waals surface area (Å²) in [4.78, 5) is 28.8. The molecule has 0 aliphatic heterocycles. The van der Waals surface area contributed by atoms with Gasteiger partial charge in [0.15, 0.2) is 0 Å². The van der Waals surface area contributed by atoms with E-state index in [1.165, 1.54) is 6.92 Å². The molecular weight excluding hydrogens is 322 g/mol. The molecule has 0 aliphatic rings. The van der Waals surface area contributed by atoms with Gasteiger partial charge in [-0.25, -0.2) is 4.98 Å². The molecule has 1 N–H and O–H groups in total. The summed E-state index contributed by atoms with van der Waals surface area (Å²) in [5, 5.41) is 2.73. The Bertz CT molecular complexity index is 949. The van der Waals surface area contributed by atoms with Crippen molar-refractivity contribution in [2.75, 3.05) is 5.32 Å². The predicted octanol–water partition coefficient (Wildman–Crippen LogP) is 3.25. The predicted molar refractivity (Wildman–Crippen MR) is 96.5 cm³/mol. The monoisotopic (exact) mass is 339 g/mol. The number of benzene rings is 1. The van der Waals surface area contributed by atoms with E-state index in [9.17, 15) is 9.59 Å². The summed E-state index contributed by atoms with van der Waals surface area (Å²) in [5.41, 5.74) is 3.12. The second kappa shape index (κ2) is 6.88. The number of aryl methyl sites for hydroxylation is 1. The lowest BCUT2D eigenvalue weighted by molar-refractivity contribution is -0.114. The molecule has 3 rings (SSSR count). The Kier molecular flexibility index (Phi) is 4.66. The third-order valence-electron chi connectivity index (χ3n) is 3.50. The van der Waals surface area contributed by atoms with Gasteiger partial charge in [-0.3, -0.25) is 14.0 Å². The Hall–Kier alpha value is -2.60. The van der Waals surface area contributed by atoms with Gasteiger partial charge in [-0.1, -0.05) is 6.07 Å². The van der Waals surface area contributed by atoms with Gasteiger partial charge in [-0.2, -0.15) is 0 Å². The highest BCUT2D eigenvalue weighted by Gasteiger charge is 2.05. The highest BCUT2D eigenvalue weighted by Crippen LogP contribution is 2.23. The smallest absolute Gasteiger partial charge is 0.258 e. The van der Waals surface area contributed by atoms with Crippen molar-refractivity contribution in [1.82, 2.24) is 9.38 Å². The summed E-state index contributed by atoms with van der Waals surface area (Å²) in [6, 6.07) is 13.0. The lowest BCUT2D eigenvalue weighted by Crippen LogP contribution is -2.15. The average Bonchev–Trinajstić information content (AvgIpc) is 2.55. The normalized spacial score (nSPS) is 10.8. The standard InChI is InChI=1S/C18H17N3O2S/c1-12-4-3-9-21-17(23)10-15(20-18(12)21)11-24-16-7-5-14(6-8-16)19-13(2)22/h3-10H,11H2,1-2H3,(H,19,22). The van der Waals surface area contributed by atoms with Gasteiger partial charge in [0.2, 0.25) is 5.91 Å². The Labute approximate surface area is 143 Å². The zero-order chi connectivity index (χ0) is 17.1. The number of rotatable bonds is 4. The molecule has 0 radical (unpaired) electrons.